The van der Waals surface area contributed by atoms with Crippen LogP contribution < -0.4 is 0 Å². The van der Waals surface area contributed by atoms with Crippen LogP contribution in [0.25, 0.3) is 0 Å². The van der Waals surface area contributed by atoms with Gasteiger partial charge in [-0.3, -0.25) is 4.79 Å². The first-order chi connectivity index (χ1) is 7.15. The van der Waals surface area contributed by atoms with Crippen molar-refractivity contribution in [2.75, 3.05) is 0 Å². The van der Waals surface area contributed by atoms with E-state index in [0.717, 1.165) is 6.42 Å². The molecule has 0 radical (unpaired) electrons. The summed E-state index contributed by atoms with van der Waals surface area (Å²) in [7, 11) is 0. The van der Waals surface area contributed by atoms with Crippen molar-refractivity contribution in [2.24, 2.45) is 0 Å². The highest BCUT2D eigenvalue weighted by Crippen LogP contribution is 2.27. The third-order valence-electron chi connectivity index (χ3n) is 2.52. The summed E-state index contributed by atoms with van der Waals surface area (Å²) in [6.07, 6.45) is 1.59. The van der Waals surface area contributed by atoms with E-state index in [9.17, 15) is 4.79 Å². The van der Waals surface area contributed by atoms with E-state index in [1.54, 1.807) is 0 Å². The zero-order valence-electron chi connectivity index (χ0n) is 8.69. The Balaban J connectivity index is 2.69. The number of alkyl halides is 1. The molecule has 0 aliphatic carbocycles. The summed E-state index contributed by atoms with van der Waals surface area (Å²) < 4.78 is 0. The normalized spacial score (nSPS) is 14.5. The summed E-state index contributed by atoms with van der Waals surface area (Å²) in [5.74, 6) is -0.476. The molecule has 2 nitrogen and oxygen atoms in total. The molecule has 0 saturated heterocycles. The van der Waals surface area contributed by atoms with Crippen LogP contribution in [0.15, 0.2) is 30.3 Å². The smallest absolute Gasteiger partial charge is 0.317 e. The first-order valence-corrected chi connectivity index (χ1v) is 5.98. The molecule has 3 heteroatoms. The van der Waals surface area contributed by atoms with Crippen LogP contribution in [-0.4, -0.2) is 15.9 Å². The van der Waals surface area contributed by atoms with Crippen molar-refractivity contribution in [3.05, 3.63) is 35.9 Å². The number of halogens is 1. The molecule has 1 N–H and O–H groups in total. The molecule has 15 heavy (non-hydrogen) atoms. The van der Waals surface area contributed by atoms with Crippen LogP contribution in [0, 0.1) is 0 Å². The standard InChI is InChI=1S/C12H15BrO2/c1-2-9(8-11(13)12(14)15)10-6-4-3-5-7-10/h3-7,9,11H,2,8H2,1H3,(H,14,15). The van der Waals surface area contributed by atoms with Crippen molar-refractivity contribution in [1.29, 1.82) is 0 Å². The van der Waals surface area contributed by atoms with E-state index in [4.69, 9.17) is 5.11 Å². The topological polar surface area (TPSA) is 37.3 Å². The maximum absolute atomic E-state index is 10.7. The predicted molar refractivity (Wildman–Crippen MR) is 64.4 cm³/mol. The van der Waals surface area contributed by atoms with Gasteiger partial charge in [0, 0.05) is 0 Å². The monoisotopic (exact) mass is 270 g/mol. The number of carboxylic acids is 1. The first-order valence-electron chi connectivity index (χ1n) is 5.07. The molecule has 0 spiro atoms. The maximum atomic E-state index is 10.7. The largest absolute Gasteiger partial charge is 0.480 e. The minimum atomic E-state index is -0.788. The van der Waals surface area contributed by atoms with Gasteiger partial charge in [-0.05, 0) is 24.3 Å². The zero-order valence-corrected chi connectivity index (χ0v) is 10.3. The van der Waals surface area contributed by atoms with Gasteiger partial charge < -0.3 is 5.11 Å². The average molecular weight is 271 g/mol. The summed E-state index contributed by atoms with van der Waals surface area (Å²) in [5.41, 5.74) is 1.21. The summed E-state index contributed by atoms with van der Waals surface area (Å²) in [6.45, 7) is 2.08. The molecular formula is C12H15BrO2. The van der Waals surface area contributed by atoms with Crippen molar-refractivity contribution in [3.63, 3.8) is 0 Å². The fourth-order valence-corrected chi connectivity index (χ4v) is 2.07. The molecule has 0 bridgehead atoms. The van der Waals surface area contributed by atoms with Crippen LogP contribution in [-0.2, 0) is 4.79 Å². The highest BCUT2D eigenvalue weighted by atomic mass is 79.9. The Kier molecular flexibility index (Phi) is 4.82. The lowest BCUT2D eigenvalue weighted by molar-refractivity contribution is -0.136. The molecule has 1 rings (SSSR count). The molecule has 2 atom stereocenters. The van der Waals surface area contributed by atoms with E-state index < -0.39 is 10.8 Å². The Morgan fingerprint density at radius 3 is 2.47 bits per heavy atom. The van der Waals surface area contributed by atoms with Gasteiger partial charge in [-0.1, -0.05) is 53.2 Å². The van der Waals surface area contributed by atoms with Gasteiger partial charge in [0.15, 0.2) is 0 Å². The summed E-state index contributed by atoms with van der Waals surface area (Å²) in [4.78, 5) is 10.3. The zero-order chi connectivity index (χ0) is 11.3. The summed E-state index contributed by atoms with van der Waals surface area (Å²) >= 11 is 3.18. The molecule has 82 valence electrons. The molecule has 0 aliphatic rings. The average Bonchev–Trinajstić information content (AvgIpc) is 2.26. The third-order valence-corrected chi connectivity index (χ3v) is 3.29. The van der Waals surface area contributed by atoms with Crippen LogP contribution in [0.4, 0.5) is 0 Å². The molecule has 1 aromatic carbocycles. The minimum Gasteiger partial charge on any atom is -0.480 e. The molecule has 0 aromatic heterocycles. The fraction of sp³-hybridized carbons (Fsp3) is 0.417. The number of rotatable bonds is 5. The van der Waals surface area contributed by atoms with Gasteiger partial charge in [0.1, 0.15) is 4.83 Å². The molecule has 0 fully saturated rings. The van der Waals surface area contributed by atoms with E-state index >= 15 is 0 Å². The van der Waals surface area contributed by atoms with Crippen LogP contribution >= 0.6 is 15.9 Å². The molecule has 2 unspecified atom stereocenters. The van der Waals surface area contributed by atoms with Crippen molar-refractivity contribution in [3.8, 4) is 0 Å². The second-order valence-corrected chi connectivity index (χ2v) is 4.66. The molecule has 1 aromatic rings. The van der Waals surface area contributed by atoms with Crippen LogP contribution in [0.3, 0.4) is 0 Å². The van der Waals surface area contributed by atoms with E-state index in [-0.39, 0.29) is 0 Å². The second kappa shape index (κ2) is 5.91. The number of carboxylic acid groups (broad SMARTS) is 1. The van der Waals surface area contributed by atoms with E-state index in [0.29, 0.717) is 12.3 Å². The second-order valence-electron chi connectivity index (χ2n) is 3.56. The molecule has 0 amide bonds. The highest BCUT2D eigenvalue weighted by Gasteiger charge is 2.19. The van der Waals surface area contributed by atoms with Gasteiger partial charge in [-0.2, -0.15) is 0 Å². The van der Waals surface area contributed by atoms with Crippen LogP contribution in [0.1, 0.15) is 31.2 Å². The SMILES string of the molecule is CCC(CC(Br)C(=O)O)c1ccccc1. The number of carbonyl (C=O) groups is 1. The van der Waals surface area contributed by atoms with Crippen molar-refractivity contribution >= 4 is 21.9 Å². The lowest BCUT2D eigenvalue weighted by Crippen LogP contribution is -2.16. The van der Waals surface area contributed by atoms with Gasteiger partial charge in [0.2, 0.25) is 0 Å². The highest BCUT2D eigenvalue weighted by molar-refractivity contribution is 9.10. The van der Waals surface area contributed by atoms with Crippen molar-refractivity contribution in [1.82, 2.24) is 0 Å². The lowest BCUT2D eigenvalue weighted by atomic mass is 9.92. The van der Waals surface area contributed by atoms with Crippen LogP contribution in [0.2, 0.25) is 0 Å². The first kappa shape index (κ1) is 12.2. The maximum Gasteiger partial charge on any atom is 0.317 e. The number of benzene rings is 1. The summed E-state index contributed by atoms with van der Waals surface area (Å²) in [5, 5.41) is 8.83. The van der Waals surface area contributed by atoms with E-state index in [1.807, 2.05) is 18.2 Å². The Labute approximate surface area is 98.4 Å². The van der Waals surface area contributed by atoms with Crippen molar-refractivity contribution < 1.29 is 9.90 Å². The van der Waals surface area contributed by atoms with Gasteiger partial charge in [-0.25, -0.2) is 0 Å². The van der Waals surface area contributed by atoms with Crippen LogP contribution in [0.5, 0.6) is 0 Å². The Bertz CT molecular complexity index is 311. The lowest BCUT2D eigenvalue weighted by Gasteiger charge is -2.16. The molecular weight excluding hydrogens is 256 g/mol. The van der Waals surface area contributed by atoms with Gasteiger partial charge >= 0.3 is 5.97 Å². The minimum absolute atomic E-state index is 0.312. The van der Waals surface area contributed by atoms with E-state index in [2.05, 4.69) is 35.0 Å². The van der Waals surface area contributed by atoms with Crippen molar-refractivity contribution in [2.45, 2.75) is 30.5 Å². The van der Waals surface area contributed by atoms with Gasteiger partial charge in [0.25, 0.3) is 0 Å². The molecule has 0 aliphatic heterocycles. The summed E-state index contributed by atoms with van der Waals surface area (Å²) in [6, 6.07) is 10.1. The third kappa shape index (κ3) is 3.67. The number of aliphatic carboxylic acids is 1. The fourth-order valence-electron chi connectivity index (χ4n) is 1.61. The Hall–Kier alpha value is -0.830. The molecule has 0 heterocycles. The Morgan fingerprint density at radius 2 is 2.00 bits per heavy atom. The quantitative estimate of drug-likeness (QED) is 0.833. The van der Waals surface area contributed by atoms with Gasteiger partial charge in [-0.15, -0.1) is 0 Å². The number of hydrogen-bond acceptors (Lipinski definition) is 1. The number of hydrogen-bond donors (Lipinski definition) is 1. The van der Waals surface area contributed by atoms with Gasteiger partial charge in [0.05, 0.1) is 0 Å². The Morgan fingerprint density at radius 1 is 1.40 bits per heavy atom. The molecule has 0 saturated carbocycles. The van der Waals surface area contributed by atoms with E-state index in [1.165, 1.54) is 5.56 Å². The predicted octanol–water partition coefficient (Wildman–Crippen LogP) is 3.42.